The van der Waals surface area contributed by atoms with E-state index in [9.17, 15) is 0 Å². The normalized spacial score (nSPS) is 10.5. The predicted molar refractivity (Wildman–Crippen MR) is 79.8 cm³/mol. The summed E-state index contributed by atoms with van der Waals surface area (Å²) in [6.45, 7) is 8.82. The average Bonchev–Trinajstić information content (AvgIpc) is 2.86. The molecule has 0 fully saturated rings. The standard InChI is InChI=1S/C16H22N2O/c1-4-18-9-8-14(12-18)11-17-16-7-6-15(19-5-2)10-13(16)3/h6-10,12,17H,4-5,11H2,1-3H3. The zero-order chi connectivity index (χ0) is 13.7. The van der Waals surface area contributed by atoms with Crippen molar-refractivity contribution >= 4 is 5.69 Å². The molecule has 1 aromatic carbocycles. The molecule has 0 aliphatic rings. The number of nitrogens with one attached hydrogen (secondary N) is 1. The van der Waals surface area contributed by atoms with E-state index in [1.807, 2.05) is 13.0 Å². The van der Waals surface area contributed by atoms with Crippen LogP contribution in [-0.4, -0.2) is 11.2 Å². The summed E-state index contributed by atoms with van der Waals surface area (Å²) < 4.78 is 7.67. The Labute approximate surface area is 115 Å². The maximum atomic E-state index is 5.49. The van der Waals surface area contributed by atoms with Crippen LogP contribution in [0, 0.1) is 6.92 Å². The summed E-state index contributed by atoms with van der Waals surface area (Å²) in [5, 5.41) is 3.47. The monoisotopic (exact) mass is 258 g/mol. The highest BCUT2D eigenvalue weighted by Gasteiger charge is 2.01. The van der Waals surface area contributed by atoms with E-state index in [4.69, 9.17) is 4.74 Å². The Hall–Kier alpha value is -1.90. The van der Waals surface area contributed by atoms with E-state index < -0.39 is 0 Å². The Morgan fingerprint density at radius 2 is 2.05 bits per heavy atom. The molecule has 0 radical (unpaired) electrons. The van der Waals surface area contributed by atoms with E-state index in [0.29, 0.717) is 6.61 Å². The van der Waals surface area contributed by atoms with Gasteiger partial charge in [-0.25, -0.2) is 0 Å². The van der Waals surface area contributed by atoms with Crippen LogP contribution in [0.15, 0.2) is 36.7 Å². The van der Waals surface area contributed by atoms with Crippen LogP contribution in [-0.2, 0) is 13.1 Å². The zero-order valence-corrected chi connectivity index (χ0v) is 11.9. The van der Waals surface area contributed by atoms with Crippen molar-refractivity contribution in [2.24, 2.45) is 0 Å². The van der Waals surface area contributed by atoms with Gasteiger partial charge in [0.25, 0.3) is 0 Å². The van der Waals surface area contributed by atoms with Gasteiger partial charge in [0.2, 0.25) is 0 Å². The SMILES string of the molecule is CCOc1ccc(NCc2ccn(CC)c2)c(C)c1. The molecule has 0 atom stereocenters. The van der Waals surface area contributed by atoms with Crippen LogP contribution in [0.2, 0.25) is 0 Å². The summed E-state index contributed by atoms with van der Waals surface area (Å²) in [4.78, 5) is 0. The van der Waals surface area contributed by atoms with E-state index >= 15 is 0 Å². The molecule has 2 rings (SSSR count). The maximum absolute atomic E-state index is 5.49. The van der Waals surface area contributed by atoms with Crippen molar-refractivity contribution in [2.45, 2.75) is 33.9 Å². The molecule has 2 aromatic rings. The smallest absolute Gasteiger partial charge is 0.119 e. The minimum absolute atomic E-state index is 0.705. The number of aryl methyl sites for hydroxylation is 2. The van der Waals surface area contributed by atoms with Gasteiger partial charge < -0.3 is 14.6 Å². The fourth-order valence-corrected chi connectivity index (χ4v) is 2.08. The van der Waals surface area contributed by atoms with Crippen LogP contribution in [0.3, 0.4) is 0 Å². The van der Waals surface area contributed by atoms with Crippen LogP contribution < -0.4 is 10.1 Å². The first-order valence-electron chi connectivity index (χ1n) is 6.85. The highest BCUT2D eigenvalue weighted by atomic mass is 16.5. The summed E-state index contributed by atoms with van der Waals surface area (Å²) in [6.07, 6.45) is 4.29. The molecule has 1 heterocycles. The lowest BCUT2D eigenvalue weighted by atomic mass is 10.2. The molecule has 0 unspecified atom stereocenters. The number of ether oxygens (including phenoxy) is 1. The third-order valence-corrected chi connectivity index (χ3v) is 3.17. The van der Waals surface area contributed by atoms with Gasteiger partial charge in [0.1, 0.15) is 5.75 Å². The van der Waals surface area contributed by atoms with E-state index in [1.165, 1.54) is 11.1 Å². The molecule has 3 heteroatoms. The first kappa shape index (κ1) is 13.5. The van der Waals surface area contributed by atoms with Gasteiger partial charge in [-0.1, -0.05) is 0 Å². The van der Waals surface area contributed by atoms with Gasteiger partial charge in [-0.2, -0.15) is 0 Å². The topological polar surface area (TPSA) is 26.2 Å². The Bertz CT molecular complexity index is 531. The lowest BCUT2D eigenvalue weighted by Crippen LogP contribution is -2.01. The van der Waals surface area contributed by atoms with Crippen LogP contribution >= 0.6 is 0 Å². The highest BCUT2D eigenvalue weighted by molar-refractivity contribution is 5.53. The fraction of sp³-hybridized carbons (Fsp3) is 0.375. The number of aromatic nitrogens is 1. The Balaban J connectivity index is 1.99. The van der Waals surface area contributed by atoms with Crippen molar-refractivity contribution in [2.75, 3.05) is 11.9 Å². The summed E-state index contributed by atoms with van der Waals surface area (Å²) in [6, 6.07) is 8.32. The van der Waals surface area contributed by atoms with Crippen molar-refractivity contribution < 1.29 is 4.74 Å². The molecule has 3 nitrogen and oxygen atoms in total. The van der Waals surface area contributed by atoms with Crippen molar-refractivity contribution in [1.82, 2.24) is 4.57 Å². The minimum Gasteiger partial charge on any atom is -0.494 e. The molecule has 102 valence electrons. The fourth-order valence-electron chi connectivity index (χ4n) is 2.08. The zero-order valence-electron chi connectivity index (χ0n) is 11.9. The van der Waals surface area contributed by atoms with Gasteiger partial charge >= 0.3 is 0 Å². The van der Waals surface area contributed by atoms with Crippen molar-refractivity contribution in [3.05, 3.63) is 47.8 Å². The Morgan fingerprint density at radius 3 is 2.68 bits per heavy atom. The highest BCUT2D eigenvalue weighted by Crippen LogP contribution is 2.22. The molecule has 0 saturated heterocycles. The minimum atomic E-state index is 0.705. The number of nitrogens with zero attached hydrogens (tertiary/aromatic N) is 1. The van der Waals surface area contributed by atoms with E-state index in [0.717, 1.165) is 24.5 Å². The second-order valence-corrected chi connectivity index (χ2v) is 4.61. The van der Waals surface area contributed by atoms with Gasteiger partial charge in [-0.05, 0) is 56.2 Å². The Morgan fingerprint density at radius 1 is 1.21 bits per heavy atom. The molecule has 0 spiro atoms. The van der Waals surface area contributed by atoms with Gasteiger partial charge in [-0.3, -0.25) is 0 Å². The van der Waals surface area contributed by atoms with Crippen LogP contribution in [0.4, 0.5) is 5.69 Å². The number of hydrogen-bond donors (Lipinski definition) is 1. The average molecular weight is 258 g/mol. The van der Waals surface area contributed by atoms with Crippen LogP contribution in [0.5, 0.6) is 5.75 Å². The lowest BCUT2D eigenvalue weighted by Gasteiger charge is -2.11. The van der Waals surface area contributed by atoms with Gasteiger partial charge in [0, 0.05) is 31.2 Å². The molecule has 0 aliphatic heterocycles. The molecule has 1 aromatic heterocycles. The summed E-state index contributed by atoms with van der Waals surface area (Å²) in [5.41, 5.74) is 3.67. The van der Waals surface area contributed by atoms with E-state index in [-0.39, 0.29) is 0 Å². The van der Waals surface area contributed by atoms with E-state index in [2.05, 4.69) is 54.3 Å². The summed E-state index contributed by atoms with van der Waals surface area (Å²) >= 11 is 0. The molecule has 0 saturated carbocycles. The number of hydrogen-bond acceptors (Lipinski definition) is 2. The molecule has 0 amide bonds. The van der Waals surface area contributed by atoms with E-state index in [1.54, 1.807) is 0 Å². The van der Waals surface area contributed by atoms with Crippen molar-refractivity contribution in [3.8, 4) is 5.75 Å². The number of anilines is 1. The molecule has 19 heavy (non-hydrogen) atoms. The molecule has 0 aliphatic carbocycles. The third kappa shape index (κ3) is 3.53. The predicted octanol–water partition coefficient (Wildman–Crippen LogP) is 3.83. The third-order valence-electron chi connectivity index (χ3n) is 3.17. The summed E-state index contributed by atoms with van der Waals surface area (Å²) in [5.74, 6) is 0.933. The number of benzene rings is 1. The maximum Gasteiger partial charge on any atom is 0.119 e. The lowest BCUT2D eigenvalue weighted by molar-refractivity contribution is 0.340. The quantitative estimate of drug-likeness (QED) is 0.852. The first-order chi connectivity index (χ1) is 9.22. The number of rotatable bonds is 6. The van der Waals surface area contributed by atoms with Crippen molar-refractivity contribution in [1.29, 1.82) is 0 Å². The molecular weight excluding hydrogens is 236 g/mol. The largest absolute Gasteiger partial charge is 0.494 e. The molecular formula is C16H22N2O. The van der Waals surface area contributed by atoms with Gasteiger partial charge in [0.05, 0.1) is 6.61 Å². The summed E-state index contributed by atoms with van der Waals surface area (Å²) in [7, 11) is 0. The van der Waals surface area contributed by atoms with Gasteiger partial charge in [0.15, 0.2) is 0 Å². The molecule has 1 N–H and O–H groups in total. The molecule has 0 bridgehead atoms. The van der Waals surface area contributed by atoms with Crippen molar-refractivity contribution in [3.63, 3.8) is 0 Å². The van der Waals surface area contributed by atoms with Gasteiger partial charge in [-0.15, -0.1) is 0 Å². The van der Waals surface area contributed by atoms with Crippen LogP contribution in [0.25, 0.3) is 0 Å². The second-order valence-electron chi connectivity index (χ2n) is 4.61. The van der Waals surface area contributed by atoms with Crippen LogP contribution in [0.1, 0.15) is 25.0 Å². The Kier molecular flexibility index (Phi) is 4.50. The first-order valence-corrected chi connectivity index (χ1v) is 6.85. The second kappa shape index (κ2) is 6.32.